The molecular formula is C24H29FN2O3. The first-order valence-electron chi connectivity index (χ1n) is 10.6. The van der Waals surface area contributed by atoms with Crippen molar-refractivity contribution in [3.63, 3.8) is 0 Å². The molecule has 2 aromatic rings. The van der Waals surface area contributed by atoms with E-state index in [0.29, 0.717) is 45.8 Å². The lowest BCUT2D eigenvalue weighted by Gasteiger charge is -2.39. The molecule has 1 amide bonds. The van der Waals surface area contributed by atoms with E-state index < -0.39 is 5.41 Å². The Labute approximate surface area is 177 Å². The van der Waals surface area contributed by atoms with E-state index in [1.54, 1.807) is 11.0 Å². The predicted molar refractivity (Wildman–Crippen MR) is 114 cm³/mol. The van der Waals surface area contributed by atoms with Crippen LogP contribution in [0, 0.1) is 5.82 Å². The summed E-state index contributed by atoms with van der Waals surface area (Å²) in [6, 6.07) is 14.7. The van der Waals surface area contributed by atoms with Gasteiger partial charge in [0.15, 0.2) is 0 Å². The SMILES string of the molecule is CN(Cc1ccccc1N1CCOCC1)C(=O)C1(c2cccc(F)c2)CCOCC1. The number of anilines is 1. The maximum absolute atomic E-state index is 14.0. The molecule has 0 aliphatic carbocycles. The highest BCUT2D eigenvalue weighted by molar-refractivity contribution is 5.88. The molecule has 160 valence electrons. The van der Waals surface area contributed by atoms with E-state index in [-0.39, 0.29) is 11.7 Å². The second-order valence-electron chi connectivity index (χ2n) is 8.09. The van der Waals surface area contributed by atoms with Gasteiger partial charge < -0.3 is 19.3 Å². The lowest BCUT2D eigenvalue weighted by atomic mass is 9.73. The van der Waals surface area contributed by atoms with Gasteiger partial charge in [-0.1, -0.05) is 30.3 Å². The molecule has 0 saturated carbocycles. The lowest BCUT2D eigenvalue weighted by Crippen LogP contribution is -2.48. The second-order valence-corrected chi connectivity index (χ2v) is 8.09. The number of halogens is 1. The molecule has 2 heterocycles. The Kier molecular flexibility index (Phi) is 6.35. The molecule has 2 aliphatic rings. The van der Waals surface area contributed by atoms with Gasteiger partial charge in [-0.25, -0.2) is 4.39 Å². The number of rotatable bonds is 5. The Balaban J connectivity index is 1.59. The van der Waals surface area contributed by atoms with E-state index in [0.717, 1.165) is 29.9 Å². The fourth-order valence-corrected chi connectivity index (χ4v) is 4.58. The van der Waals surface area contributed by atoms with Gasteiger partial charge in [0.2, 0.25) is 5.91 Å². The fourth-order valence-electron chi connectivity index (χ4n) is 4.58. The van der Waals surface area contributed by atoms with Crippen molar-refractivity contribution in [3.05, 3.63) is 65.5 Å². The first-order chi connectivity index (χ1) is 14.6. The largest absolute Gasteiger partial charge is 0.381 e. The molecule has 0 spiro atoms. The van der Waals surface area contributed by atoms with E-state index in [1.165, 1.54) is 12.1 Å². The van der Waals surface area contributed by atoms with Crippen molar-refractivity contribution in [3.8, 4) is 0 Å². The summed E-state index contributed by atoms with van der Waals surface area (Å²) in [6.45, 7) is 4.63. The number of hydrogen-bond donors (Lipinski definition) is 0. The smallest absolute Gasteiger partial charge is 0.233 e. The number of ether oxygens (including phenoxy) is 2. The van der Waals surface area contributed by atoms with Crippen molar-refractivity contribution in [2.45, 2.75) is 24.8 Å². The third kappa shape index (κ3) is 4.20. The summed E-state index contributed by atoms with van der Waals surface area (Å²) >= 11 is 0. The van der Waals surface area contributed by atoms with Gasteiger partial charge in [-0.05, 0) is 42.2 Å². The monoisotopic (exact) mass is 412 g/mol. The Morgan fingerprint density at radius 1 is 1.03 bits per heavy atom. The number of benzene rings is 2. The molecule has 5 nitrogen and oxygen atoms in total. The normalized spacial score (nSPS) is 18.8. The molecule has 0 atom stereocenters. The Bertz CT molecular complexity index is 876. The summed E-state index contributed by atoms with van der Waals surface area (Å²) in [6.07, 6.45) is 1.12. The minimum atomic E-state index is -0.747. The molecule has 4 rings (SSSR count). The summed E-state index contributed by atoms with van der Waals surface area (Å²) < 4.78 is 25.0. The van der Waals surface area contributed by atoms with Crippen molar-refractivity contribution in [1.29, 1.82) is 0 Å². The number of hydrogen-bond acceptors (Lipinski definition) is 4. The summed E-state index contributed by atoms with van der Waals surface area (Å²) in [7, 11) is 1.84. The minimum Gasteiger partial charge on any atom is -0.381 e. The highest BCUT2D eigenvalue weighted by Gasteiger charge is 2.43. The van der Waals surface area contributed by atoms with Crippen LogP contribution < -0.4 is 4.90 Å². The van der Waals surface area contributed by atoms with Crippen molar-refractivity contribution >= 4 is 11.6 Å². The molecule has 6 heteroatoms. The highest BCUT2D eigenvalue weighted by atomic mass is 19.1. The molecule has 2 fully saturated rings. The quantitative estimate of drug-likeness (QED) is 0.755. The molecule has 2 saturated heterocycles. The molecule has 30 heavy (non-hydrogen) atoms. The first-order valence-corrected chi connectivity index (χ1v) is 10.6. The fraction of sp³-hybridized carbons (Fsp3) is 0.458. The number of likely N-dealkylation sites (N-methyl/N-ethyl adjacent to an activating group) is 1. The summed E-state index contributed by atoms with van der Waals surface area (Å²) in [4.78, 5) is 17.8. The zero-order chi connectivity index (χ0) is 21.0. The molecule has 0 radical (unpaired) electrons. The average molecular weight is 413 g/mol. The zero-order valence-electron chi connectivity index (χ0n) is 17.5. The van der Waals surface area contributed by atoms with Gasteiger partial charge in [-0.15, -0.1) is 0 Å². The predicted octanol–water partition coefficient (Wildman–Crippen LogP) is 3.37. The van der Waals surface area contributed by atoms with Crippen LogP contribution in [0.25, 0.3) is 0 Å². The molecular weight excluding hydrogens is 383 g/mol. The van der Waals surface area contributed by atoms with Crippen LogP contribution in [0.2, 0.25) is 0 Å². The number of para-hydroxylation sites is 1. The van der Waals surface area contributed by atoms with Gasteiger partial charge in [-0.3, -0.25) is 4.79 Å². The number of carbonyl (C=O) groups is 1. The van der Waals surface area contributed by atoms with Gasteiger partial charge in [0, 0.05) is 45.6 Å². The third-order valence-electron chi connectivity index (χ3n) is 6.23. The topological polar surface area (TPSA) is 42.0 Å². The van der Waals surface area contributed by atoms with Gasteiger partial charge in [0.25, 0.3) is 0 Å². The van der Waals surface area contributed by atoms with Crippen LogP contribution >= 0.6 is 0 Å². The minimum absolute atomic E-state index is 0.0215. The number of carbonyl (C=O) groups excluding carboxylic acids is 1. The van der Waals surface area contributed by atoms with E-state index in [1.807, 2.05) is 25.2 Å². The molecule has 2 aromatic carbocycles. The van der Waals surface area contributed by atoms with Crippen LogP contribution in [-0.2, 0) is 26.2 Å². The third-order valence-corrected chi connectivity index (χ3v) is 6.23. The Hall–Kier alpha value is -2.44. The van der Waals surface area contributed by atoms with E-state index in [4.69, 9.17) is 9.47 Å². The van der Waals surface area contributed by atoms with Crippen LogP contribution in [0.3, 0.4) is 0 Å². The van der Waals surface area contributed by atoms with Crippen molar-refractivity contribution in [2.75, 3.05) is 51.5 Å². The van der Waals surface area contributed by atoms with E-state index in [2.05, 4.69) is 17.0 Å². The summed E-state index contributed by atoms with van der Waals surface area (Å²) in [5, 5.41) is 0. The maximum Gasteiger partial charge on any atom is 0.233 e. The van der Waals surface area contributed by atoms with Crippen molar-refractivity contribution in [2.24, 2.45) is 0 Å². The van der Waals surface area contributed by atoms with Crippen molar-refractivity contribution in [1.82, 2.24) is 4.90 Å². The lowest BCUT2D eigenvalue weighted by molar-refractivity contribution is -0.140. The second kappa shape index (κ2) is 9.14. The van der Waals surface area contributed by atoms with Crippen LogP contribution in [0.1, 0.15) is 24.0 Å². The van der Waals surface area contributed by atoms with Gasteiger partial charge in [0.05, 0.1) is 18.6 Å². The molecule has 0 bridgehead atoms. The highest BCUT2D eigenvalue weighted by Crippen LogP contribution is 2.37. The van der Waals surface area contributed by atoms with E-state index in [9.17, 15) is 9.18 Å². The average Bonchev–Trinajstić information content (AvgIpc) is 2.80. The van der Waals surface area contributed by atoms with E-state index >= 15 is 0 Å². The zero-order valence-corrected chi connectivity index (χ0v) is 17.5. The summed E-state index contributed by atoms with van der Waals surface area (Å²) in [5.74, 6) is -0.292. The van der Waals surface area contributed by atoms with Gasteiger partial charge in [0.1, 0.15) is 5.82 Å². The summed E-state index contributed by atoms with van der Waals surface area (Å²) in [5.41, 5.74) is 2.25. The van der Waals surface area contributed by atoms with Crippen LogP contribution in [0.5, 0.6) is 0 Å². The number of amides is 1. The maximum atomic E-state index is 14.0. The number of morpholine rings is 1. The molecule has 2 aliphatic heterocycles. The van der Waals surface area contributed by atoms with Crippen molar-refractivity contribution < 1.29 is 18.7 Å². The molecule has 0 unspecified atom stereocenters. The van der Waals surface area contributed by atoms with Gasteiger partial charge >= 0.3 is 0 Å². The standard InChI is InChI=1S/C24H29FN2O3/c1-26(18-19-5-2-3-8-22(19)27-11-15-30-16-12-27)23(28)24(9-13-29-14-10-24)20-6-4-7-21(25)17-20/h2-8,17H,9-16,18H2,1H3. The van der Waals surface area contributed by atoms with Gasteiger partial charge in [-0.2, -0.15) is 0 Å². The molecule has 0 N–H and O–H groups in total. The van der Waals surface area contributed by atoms with Crippen LogP contribution in [0.4, 0.5) is 10.1 Å². The Morgan fingerprint density at radius 3 is 2.47 bits per heavy atom. The van der Waals surface area contributed by atoms with Crippen LogP contribution in [0.15, 0.2) is 48.5 Å². The van der Waals surface area contributed by atoms with Crippen LogP contribution in [-0.4, -0.2) is 57.4 Å². The Morgan fingerprint density at radius 2 is 1.73 bits per heavy atom. The molecule has 0 aromatic heterocycles. The first kappa shape index (κ1) is 20.8. The number of nitrogens with zero attached hydrogens (tertiary/aromatic N) is 2.